The lowest BCUT2D eigenvalue weighted by Crippen LogP contribution is -2.20. The molecule has 0 fully saturated rings. The van der Waals surface area contributed by atoms with Gasteiger partial charge in [-0.05, 0) is 13.0 Å². The Morgan fingerprint density at radius 3 is 2.77 bits per heavy atom. The van der Waals surface area contributed by atoms with Crippen LogP contribution < -0.4 is 5.32 Å². The number of hydrogen-bond acceptors (Lipinski definition) is 5. The molecule has 116 valence electrons. The Labute approximate surface area is 125 Å². The fourth-order valence-corrected chi connectivity index (χ4v) is 1.34. The van der Waals surface area contributed by atoms with Gasteiger partial charge in [0, 0.05) is 18.2 Å². The minimum absolute atomic E-state index is 0.361. The lowest BCUT2D eigenvalue weighted by molar-refractivity contribution is -0.384. The Bertz CT molecular complexity index is 640. The second kappa shape index (κ2) is 8.30. The summed E-state index contributed by atoms with van der Waals surface area (Å²) >= 11 is 0. The largest absolute Gasteiger partial charge is 0.452 e. The molecule has 0 heterocycles. The predicted molar refractivity (Wildman–Crippen MR) is 76.6 cm³/mol. The van der Waals surface area contributed by atoms with Crippen molar-refractivity contribution in [3.05, 3.63) is 58.4 Å². The summed E-state index contributed by atoms with van der Waals surface area (Å²) in [6.45, 7) is 1.12. The fraction of sp³-hybridized carbons (Fsp3) is 0.143. The molecule has 1 aromatic carbocycles. The first-order valence-corrected chi connectivity index (χ1v) is 6.14. The summed E-state index contributed by atoms with van der Waals surface area (Å²) in [6.07, 6.45) is 5.84. The monoisotopic (exact) mass is 308 g/mol. The summed E-state index contributed by atoms with van der Waals surface area (Å²) in [4.78, 5) is 32.6. The van der Waals surface area contributed by atoms with Gasteiger partial charge in [0.2, 0.25) is 0 Å². The van der Waals surface area contributed by atoms with E-state index in [1.54, 1.807) is 19.1 Å². The molecule has 1 amide bonds. The van der Waals surface area contributed by atoms with Crippen LogP contribution in [0.25, 0.3) is 0 Å². The number of anilines is 1. The van der Waals surface area contributed by atoms with E-state index in [1.807, 2.05) is 0 Å². The zero-order valence-corrected chi connectivity index (χ0v) is 11.6. The van der Waals surface area contributed by atoms with Crippen molar-refractivity contribution < 1.29 is 23.6 Å². The number of non-ortho nitro benzene ring substituents is 1. The number of carbonyl (C=O) groups excluding carboxylic acids is 2. The second-order valence-electron chi connectivity index (χ2n) is 3.96. The Morgan fingerprint density at radius 2 is 2.14 bits per heavy atom. The van der Waals surface area contributed by atoms with Crippen LogP contribution in [-0.2, 0) is 14.3 Å². The van der Waals surface area contributed by atoms with Crippen LogP contribution in [0.1, 0.15) is 6.92 Å². The van der Waals surface area contributed by atoms with Crippen LogP contribution in [0.2, 0.25) is 0 Å². The van der Waals surface area contributed by atoms with Crippen molar-refractivity contribution >= 4 is 23.3 Å². The normalized spacial score (nSPS) is 10.8. The number of nitro groups is 1. The average molecular weight is 308 g/mol. The number of rotatable bonds is 6. The van der Waals surface area contributed by atoms with E-state index in [0.29, 0.717) is 0 Å². The quantitative estimate of drug-likeness (QED) is 0.286. The van der Waals surface area contributed by atoms with Crippen molar-refractivity contribution in [1.82, 2.24) is 0 Å². The number of allylic oxidation sites excluding steroid dienone is 3. The molecular weight excluding hydrogens is 295 g/mol. The number of amides is 1. The van der Waals surface area contributed by atoms with Gasteiger partial charge in [0.15, 0.2) is 6.61 Å². The number of nitro benzene ring substituents is 1. The molecule has 0 aliphatic rings. The minimum atomic E-state index is -0.835. The first kappa shape index (κ1) is 17.0. The fourth-order valence-electron chi connectivity index (χ4n) is 1.34. The molecule has 0 atom stereocenters. The number of ether oxygens (including phenoxy) is 1. The molecule has 0 spiro atoms. The van der Waals surface area contributed by atoms with E-state index in [-0.39, 0.29) is 11.4 Å². The maximum absolute atomic E-state index is 13.4. The number of benzene rings is 1. The standard InChI is InChI=1S/C14H13FN2O5/c1-2-3-4-5-14(19)22-9-13(18)16-12-8-10(17(20)21)6-7-11(12)15/h2-8H,9H2,1H3,(H,16,18)/b3-2+,5-4+. The van der Waals surface area contributed by atoms with Crippen LogP contribution in [0.4, 0.5) is 15.8 Å². The Hall–Kier alpha value is -3.03. The van der Waals surface area contributed by atoms with Crippen LogP contribution >= 0.6 is 0 Å². The van der Waals surface area contributed by atoms with E-state index in [2.05, 4.69) is 10.1 Å². The van der Waals surface area contributed by atoms with Crippen molar-refractivity contribution in [2.45, 2.75) is 6.92 Å². The molecule has 8 heteroatoms. The highest BCUT2D eigenvalue weighted by molar-refractivity contribution is 5.94. The predicted octanol–water partition coefficient (Wildman–Crippen LogP) is 2.35. The van der Waals surface area contributed by atoms with E-state index >= 15 is 0 Å². The highest BCUT2D eigenvalue weighted by Crippen LogP contribution is 2.21. The van der Waals surface area contributed by atoms with E-state index in [1.165, 1.54) is 6.08 Å². The van der Waals surface area contributed by atoms with Gasteiger partial charge >= 0.3 is 5.97 Å². The van der Waals surface area contributed by atoms with Crippen molar-refractivity contribution in [3.63, 3.8) is 0 Å². The minimum Gasteiger partial charge on any atom is -0.452 e. The molecular formula is C14H13FN2O5. The van der Waals surface area contributed by atoms with Crippen molar-refractivity contribution in [1.29, 1.82) is 0 Å². The number of nitrogens with one attached hydrogen (secondary N) is 1. The highest BCUT2D eigenvalue weighted by Gasteiger charge is 2.13. The third-order valence-electron chi connectivity index (χ3n) is 2.32. The topological polar surface area (TPSA) is 98.5 Å². The highest BCUT2D eigenvalue weighted by atomic mass is 19.1. The first-order valence-electron chi connectivity index (χ1n) is 6.14. The zero-order chi connectivity index (χ0) is 16.5. The summed E-state index contributed by atoms with van der Waals surface area (Å²) in [7, 11) is 0. The summed E-state index contributed by atoms with van der Waals surface area (Å²) in [6, 6.07) is 2.71. The third kappa shape index (κ3) is 5.53. The maximum atomic E-state index is 13.4. The lowest BCUT2D eigenvalue weighted by Gasteiger charge is -2.06. The van der Waals surface area contributed by atoms with Crippen LogP contribution in [0.3, 0.4) is 0 Å². The second-order valence-corrected chi connectivity index (χ2v) is 3.96. The van der Waals surface area contributed by atoms with E-state index in [9.17, 15) is 24.1 Å². The van der Waals surface area contributed by atoms with E-state index in [4.69, 9.17) is 0 Å². The van der Waals surface area contributed by atoms with Crippen LogP contribution in [0.5, 0.6) is 0 Å². The molecule has 1 rings (SSSR count). The smallest absolute Gasteiger partial charge is 0.331 e. The van der Waals surface area contributed by atoms with Gasteiger partial charge in [-0.1, -0.05) is 18.2 Å². The molecule has 0 aromatic heterocycles. The van der Waals surface area contributed by atoms with Crippen molar-refractivity contribution in [3.8, 4) is 0 Å². The number of carbonyl (C=O) groups is 2. The Balaban J connectivity index is 2.60. The Morgan fingerprint density at radius 1 is 1.41 bits per heavy atom. The average Bonchev–Trinajstić information content (AvgIpc) is 2.47. The number of esters is 1. The zero-order valence-electron chi connectivity index (χ0n) is 11.6. The van der Waals surface area contributed by atoms with Crippen LogP contribution in [0.15, 0.2) is 42.5 Å². The third-order valence-corrected chi connectivity index (χ3v) is 2.32. The van der Waals surface area contributed by atoms with Gasteiger partial charge in [0.05, 0.1) is 10.6 Å². The van der Waals surface area contributed by atoms with Gasteiger partial charge in [-0.2, -0.15) is 0 Å². The van der Waals surface area contributed by atoms with Gasteiger partial charge < -0.3 is 10.1 Å². The maximum Gasteiger partial charge on any atom is 0.331 e. The molecule has 0 aliphatic carbocycles. The summed E-state index contributed by atoms with van der Waals surface area (Å²) in [5, 5.41) is 12.7. The van der Waals surface area contributed by atoms with Gasteiger partial charge in [-0.15, -0.1) is 0 Å². The SMILES string of the molecule is C/C=C/C=C/C(=O)OCC(=O)Nc1cc([N+](=O)[O-])ccc1F. The molecule has 1 N–H and O–H groups in total. The van der Waals surface area contributed by atoms with Gasteiger partial charge in [-0.3, -0.25) is 14.9 Å². The molecule has 0 bridgehead atoms. The number of halogens is 1. The molecule has 22 heavy (non-hydrogen) atoms. The molecule has 0 aliphatic heterocycles. The Kier molecular flexibility index (Phi) is 6.42. The molecule has 1 aromatic rings. The van der Waals surface area contributed by atoms with Crippen LogP contribution in [-0.4, -0.2) is 23.4 Å². The van der Waals surface area contributed by atoms with Gasteiger partial charge in [-0.25, -0.2) is 9.18 Å². The van der Waals surface area contributed by atoms with Crippen LogP contribution in [0, 0.1) is 15.9 Å². The van der Waals surface area contributed by atoms with E-state index < -0.39 is 29.2 Å². The lowest BCUT2D eigenvalue weighted by atomic mass is 10.2. The number of hydrogen-bond donors (Lipinski definition) is 1. The van der Waals surface area contributed by atoms with Gasteiger partial charge in [0.25, 0.3) is 11.6 Å². The summed E-state index contributed by atoms with van der Waals surface area (Å²) in [5.74, 6) is -2.39. The van der Waals surface area contributed by atoms with E-state index in [0.717, 1.165) is 24.3 Å². The number of nitrogens with zero attached hydrogens (tertiary/aromatic N) is 1. The van der Waals surface area contributed by atoms with Crippen molar-refractivity contribution in [2.24, 2.45) is 0 Å². The molecule has 7 nitrogen and oxygen atoms in total. The molecule has 0 radical (unpaired) electrons. The molecule has 0 saturated carbocycles. The molecule has 0 unspecified atom stereocenters. The van der Waals surface area contributed by atoms with Crippen molar-refractivity contribution in [2.75, 3.05) is 11.9 Å². The first-order chi connectivity index (χ1) is 10.4. The van der Waals surface area contributed by atoms with Gasteiger partial charge in [0.1, 0.15) is 5.82 Å². The molecule has 0 saturated heterocycles. The summed E-state index contributed by atoms with van der Waals surface area (Å²) < 4.78 is 18.0. The summed E-state index contributed by atoms with van der Waals surface area (Å²) in [5.41, 5.74) is -0.734.